The summed E-state index contributed by atoms with van der Waals surface area (Å²) in [6, 6.07) is 0. The molecule has 0 amide bonds. The van der Waals surface area contributed by atoms with Crippen molar-refractivity contribution in [2.75, 3.05) is 0 Å². The lowest BCUT2D eigenvalue weighted by atomic mass is 10.1. The second kappa shape index (κ2) is 6.36. The Hall–Kier alpha value is -1.41. The van der Waals surface area contributed by atoms with Crippen molar-refractivity contribution in [1.82, 2.24) is 0 Å². The molecule has 0 unspecified atom stereocenters. The first-order valence-electron chi connectivity index (χ1n) is 5.54. The van der Waals surface area contributed by atoms with Crippen LogP contribution in [0.1, 0.15) is 26.7 Å². The molecule has 0 spiro atoms. The van der Waals surface area contributed by atoms with Gasteiger partial charge in [-0.25, -0.2) is 0 Å². The normalized spacial score (nSPS) is 15.4. The van der Waals surface area contributed by atoms with E-state index in [1.807, 2.05) is 13.8 Å². The van der Waals surface area contributed by atoms with E-state index in [4.69, 9.17) is 0 Å². The van der Waals surface area contributed by atoms with Gasteiger partial charge in [-0.15, -0.1) is 0 Å². The van der Waals surface area contributed by atoms with Crippen LogP contribution in [0.3, 0.4) is 0 Å². The van der Waals surface area contributed by atoms with Crippen molar-refractivity contribution in [1.29, 1.82) is 0 Å². The van der Waals surface area contributed by atoms with Crippen molar-refractivity contribution < 1.29 is 40.7 Å². The van der Waals surface area contributed by atoms with E-state index in [2.05, 4.69) is 0 Å². The highest BCUT2D eigenvalue weighted by atomic mass is 19.4. The van der Waals surface area contributed by atoms with E-state index in [0.29, 0.717) is 11.7 Å². The van der Waals surface area contributed by atoms with E-state index in [9.17, 15) is 40.7 Å². The van der Waals surface area contributed by atoms with Gasteiger partial charge in [-0.2, -0.15) is 26.3 Å². The summed E-state index contributed by atoms with van der Waals surface area (Å²) >= 11 is 0. The fraction of sp³-hybridized carbons (Fsp3) is 0.727. The second-order valence-corrected chi connectivity index (χ2v) is 4.49. The minimum atomic E-state index is -5.77. The van der Waals surface area contributed by atoms with Crippen LogP contribution in [0.5, 0.6) is 0 Å². The molecule has 0 aromatic rings. The molecule has 0 heterocycles. The maximum absolute atomic E-state index is 11.2. The molecule has 1 saturated carbocycles. The van der Waals surface area contributed by atoms with Crippen LogP contribution in [0.25, 0.3) is 0 Å². The van der Waals surface area contributed by atoms with Crippen molar-refractivity contribution in [3.63, 3.8) is 0 Å². The fourth-order valence-electron chi connectivity index (χ4n) is 1.10. The minimum Gasteiger partial charge on any atom is -0.299 e. The van der Waals surface area contributed by atoms with Gasteiger partial charge in [-0.1, -0.05) is 13.8 Å². The quantitative estimate of drug-likeness (QED) is 0.595. The van der Waals surface area contributed by atoms with Crippen LogP contribution in [-0.2, 0) is 14.4 Å². The zero-order valence-electron chi connectivity index (χ0n) is 10.6. The molecule has 20 heavy (non-hydrogen) atoms. The lowest BCUT2D eigenvalue weighted by molar-refractivity contribution is -0.193. The summed E-state index contributed by atoms with van der Waals surface area (Å²) in [7, 11) is 0. The van der Waals surface area contributed by atoms with Gasteiger partial charge < -0.3 is 0 Å². The number of ketones is 3. The third-order valence-corrected chi connectivity index (χ3v) is 2.27. The summed E-state index contributed by atoms with van der Waals surface area (Å²) in [5, 5.41) is 0. The monoisotopic (exact) mass is 306 g/mol. The molecule has 1 fully saturated rings. The predicted octanol–water partition coefficient (Wildman–Crippen LogP) is 2.87. The Balaban J connectivity index is 0.000000388. The van der Waals surface area contributed by atoms with Gasteiger partial charge in [0, 0.05) is 11.8 Å². The Kier molecular flexibility index (Phi) is 5.91. The second-order valence-electron chi connectivity index (χ2n) is 4.49. The van der Waals surface area contributed by atoms with Gasteiger partial charge in [0.15, 0.2) is 0 Å². The van der Waals surface area contributed by atoms with Crippen LogP contribution in [0.2, 0.25) is 0 Å². The van der Waals surface area contributed by atoms with Gasteiger partial charge in [-0.05, 0) is 12.8 Å². The number of carbonyl (C=O) groups is 3. The number of halogens is 6. The van der Waals surface area contributed by atoms with Crippen molar-refractivity contribution in [3.8, 4) is 0 Å². The van der Waals surface area contributed by atoms with Crippen LogP contribution >= 0.6 is 0 Å². The van der Waals surface area contributed by atoms with Gasteiger partial charge in [0.05, 0.1) is 0 Å². The van der Waals surface area contributed by atoms with E-state index in [0.717, 1.165) is 12.8 Å². The number of carbonyl (C=O) groups excluding carboxylic acids is 3. The molecule has 0 aliphatic heterocycles. The van der Waals surface area contributed by atoms with Crippen molar-refractivity contribution in [2.45, 2.75) is 39.0 Å². The van der Waals surface area contributed by atoms with E-state index >= 15 is 0 Å². The standard InChI is InChI=1S/C7H12O.C4F6O2/c1-5(2)7(8)6-3-4-6;5-3(6,7)1(11)2(12)4(8,9)10/h5-6H,3-4H2,1-2H3;. The molecule has 0 atom stereocenters. The molecule has 0 radical (unpaired) electrons. The first-order chi connectivity index (χ1) is 8.78. The molecule has 1 aliphatic carbocycles. The third-order valence-electron chi connectivity index (χ3n) is 2.27. The number of hydrogen-bond acceptors (Lipinski definition) is 3. The summed E-state index contributed by atoms with van der Waals surface area (Å²) in [6.07, 6.45) is -9.24. The lowest BCUT2D eigenvalue weighted by Crippen LogP contribution is -2.39. The largest absolute Gasteiger partial charge is 0.458 e. The summed E-state index contributed by atoms with van der Waals surface area (Å²) in [4.78, 5) is 30.1. The average Bonchev–Trinajstić information content (AvgIpc) is 3.07. The molecule has 116 valence electrons. The highest BCUT2D eigenvalue weighted by Gasteiger charge is 2.54. The molecule has 0 saturated heterocycles. The van der Waals surface area contributed by atoms with E-state index in [1.54, 1.807) is 0 Å². The number of alkyl halides is 6. The van der Waals surface area contributed by atoms with Crippen LogP contribution in [0.4, 0.5) is 26.3 Å². The first-order valence-corrected chi connectivity index (χ1v) is 5.54. The number of Topliss-reactive ketones (excluding diaryl/α,β-unsaturated/α-hetero) is 3. The maximum Gasteiger partial charge on any atom is 0.458 e. The molecule has 0 aromatic carbocycles. The molecule has 0 aromatic heterocycles. The zero-order valence-corrected chi connectivity index (χ0v) is 10.6. The van der Waals surface area contributed by atoms with E-state index in [-0.39, 0.29) is 5.92 Å². The van der Waals surface area contributed by atoms with Gasteiger partial charge >= 0.3 is 23.9 Å². The molecule has 1 rings (SSSR count). The summed E-state index contributed by atoms with van der Waals surface area (Å²) < 4.78 is 67.0. The number of hydrogen-bond donors (Lipinski definition) is 0. The zero-order chi connectivity index (χ0) is 16.3. The fourth-order valence-corrected chi connectivity index (χ4v) is 1.10. The van der Waals surface area contributed by atoms with Crippen LogP contribution in [0.15, 0.2) is 0 Å². The average molecular weight is 306 g/mol. The molecule has 9 heteroatoms. The van der Waals surface area contributed by atoms with Crippen molar-refractivity contribution in [2.24, 2.45) is 11.8 Å². The van der Waals surface area contributed by atoms with Crippen LogP contribution < -0.4 is 0 Å². The molecular weight excluding hydrogens is 294 g/mol. The summed E-state index contributed by atoms with van der Waals surface area (Å²) in [6.45, 7) is 3.95. The topological polar surface area (TPSA) is 51.2 Å². The molecule has 0 bridgehead atoms. The molecule has 0 N–H and O–H groups in total. The SMILES string of the molecule is CC(C)C(=O)C1CC1.O=C(C(=O)C(F)(F)F)C(F)(F)F. The smallest absolute Gasteiger partial charge is 0.299 e. The van der Waals surface area contributed by atoms with Gasteiger partial charge in [0.1, 0.15) is 5.78 Å². The highest BCUT2D eigenvalue weighted by Crippen LogP contribution is 2.32. The van der Waals surface area contributed by atoms with Crippen LogP contribution in [0, 0.1) is 11.8 Å². The highest BCUT2D eigenvalue weighted by molar-refractivity contribution is 6.41. The maximum atomic E-state index is 11.2. The Labute approximate surface area is 110 Å². The number of rotatable bonds is 3. The van der Waals surface area contributed by atoms with Gasteiger partial charge in [0.25, 0.3) is 0 Å². The minimum absolute atomic E-state index is 0.266. The van der Waals surface area contributed by atoms with Crippen molar-refractivity contribution in [3.05, 3.63) is 0 Å². The van der Waals surface area contributed by atoms with E-state index < -0.39 is 23.9 Å². The first kappa shape index (κ1) is 18.6. The predicted molar refractivity (Wildman–Crippen MR) is 54.7 cm³/mol. The Bertz CT molecular complexity index is 362. The lowest BCUT2D eigenvalue weighted by Gasteiger charge is -2.05. The molecular formula is C11H12F6O3. The van der Waals surface area contributed by atoms with Crippen molar-refractivity contribution >= 4 is 17.3 Å². The Morgan fingerprint density at radius 1 is 0.850 bits per heavy atom. The Morgan fingerprint density at radius 2 is 1.15 bits per heavy atom. The molecule has 1 aliphatic rings. The van der Waals surface area contributed by atoms with Crippen LogP contribution in [-0.4, -0.2) is 29.7 Å². The van der Waals surface area contributed by atoms with Gasteiger partial charge in [0.2, 0.25) is 0 Å². The summed E-state index contributed by atoms with van der Waals surface area (Å²) in [5.41, 5.74) is 0. The van der Waals surface area contributed by atoms with E-state index in [1.165, 1.54) is 0 Å². The molecule has 3 nitrogen and oxygen atoms in total. The third kappa shape index (κ3) is 6.16. The Morgan fingerprint density at radius 3 is 1.25 bits per heavy atom. The summed E-state index contributed by atoms with van der Waals surface area (Å²) in [5.74, 6) is -5.63. The van der Waals surface area contributed by atoms with Gasteiger partial charge in [-0.3, -0.25) is 14.4 Å².